The van der Waals surface area contributed by atoms with E-state index < -0.39 is 5.70 Å². The predicted molar refractivity (Wildman–Crippen MR) is 94.1 cm³/mol. The molecular weight excluding hydrogens is 361 g/mol. The molecule has 2 nitrogen and oxygen atoms in total. The largest absolute Gasteiger partial charge is 0.283 e. The highest BCUT2D eigenvalue weighted by molar-refractivity contribution is 9.10. The molecule has 0 aliphatic rings. The van der Waals surface area contributed by atoms with E-state index in [2.05, 4.69) is 47.0 Å². The molecule has 0 atom stereocenters. The van der Waals surface area contributed by atoms with Gasteiger partial charge in [-0.2, -0.15) is 0 Å². The first-order valence-corrected chi connectivity index (χ1v) is 12.2. The van der Waals surface area contributed by atoms with Crippen LogP contribution in [-0.2, 0) is 11.1 Å². The van der Waals surface area contributed by atoms with Gasteiger partial charge >= 0.3 is 0 Å². The molecule has 1 rings (SSSR count). The lowest BCUT2D eigenvalue weighted by Crippen LogP contribution is -2.07. The first-order chi connectivity index (χ1) is 9.09. The minimum absolute atomic E-state index is 0.665. The molecule has 0 aliphatic heterocycles. The summed E-state index contributed by atoms with van der Waals surface area (Å²) < 4.78 is 13.8. The highest BCUT2D eigenvalue weighted by atomic mass is 79.9. The maximum Gasteiger partial charge on any atom is 0.255 e. The van der Waals surface area contributed by atoms with Crippen molar-refractivity contribution in [2.45, 2.75) is 33.2 Å². The summed E-state index contributed by atoms with van der Waals surface area (Å²) in [7, 11) is 0. The van der Waals surface area contributed by atoms with E-state index in [1.165, 1.54) is 0 Å². The fourth-order valence-electron chi connectivity index (χ4n) is 1.34. The fourth-order valence-corrected chi connectivity index (χ4v) is 8.79. The molecule has 0 amide bonds. The molecule has 6 heteroatoms. The van der Waals surface area contributed by atoms with E-state index in [1.807, 2.05) is 12.1 Å². The van der Waals surface area contributed by atoms with Crippen molar-refractivity contribution in [1.82, 2.24) is 5.09 Å². The van der Waals surface area contributed by atoms with Gasteiger partial charge in [0.1, 0.15) is 0 Å². The molecule has 0 saturated heterocycles. The molecule has 0 aliphatic carbocycles. The van der Waals surface area contributed by atoms with E-state index in [0.717, 1.165) is 34.4 Å². The van der Waals surface area contributed by atoms with E-state index in [-0.39, 0.29) is 0 Å². The van der Waals surface area contributed by atoms with Crippen molar-refractivity contribution < 1.29 is 4.57 Å². The van der Waals surface area contributed by atoms with Crippen molar-refractivity contribution in [3.05, 3.63) is 34.3 Å². The predicted octanol–water partition coefficient (Wildman–Crippen LogP) is 5.93. The summed E-state index contributed by atoms with van der Waals surface area (Å²) in [4.78, 5) is 0. The van der Waals surface area contributed by atoms with E-state index in [0.29, 0.717) is 6.54 Å². The van der Waals surface area contributed by atoms with Crippen LogP contribution in [0.5, 0.6) is 0 Å². The van der Waals surface area contributed by atoms with E-state index in [4.69, 9.17) is 0 Å². The second kappa shape index (κ2) is 9.51. The van der Waals surface area contributed by atoms with Crippen LogP contribution in [-0.4, -0.2) is 11.5 Å². The van der Waals surface area contributed by atoms with Gasteiger partial charge in [-0.05, 0) is 30.5 Å². The van der Waals surface area contributed by atoms with Gasteiger partial charge in [0.25, 0.3) is 5.70 Å². The molecule has 0 saturated carbocycles. The molecule has 0 unspecified atom stereocenters. The van der Waals surface area contributed by atoms with Crippen LogP contribution >= 0.6 is 44.4 Å². The van der Waals surface area contributed by atoms with Gasteiger partial charge < -0.3 is 0 Å². The second-order valence-corrected chi connectivity index (χ2v) is 13.0. The van der Waals surface area contributed by atoms with Crippen LogP contribution in [0.2, 0.25) is 0 Å². The van der Waals surface area contributed by atoms with E-state index >= 15 is 0 Å². The van der Waals surface area contributed by atoms with Gasteiger partial charge in [-0.15, -0.1) is 0 Å². The summed E-state index contributed by atoms with van der Waals surface area (Å²) >= 11 is 6.59. The Kier molecular flexibility index (Phi) is 8.83. The zero-order valence-electron chi connectivity index (χ0n) is 11.4. The first-order valence-electron chi connectivity index (χ1n) is 6.48. The highest BCUT2D eigenvalue weighted by Gasteiger charge is 2.22. The molecule has 0 fully saturated rings. The molecule has 0 radical (unpaired) electrons. The Balaban J connectivity index is 2.56. The third kappa shape index (κ3) is 7.24. The second-order valence-electron chi connectivity index (χ2n) is 4.13. The first kappa shape index (κ1) is 17.6. The molecule has 1 N–H and O–H groups in total. The number of hydrogen-bond acceptors (Lipinski definition) is 3. The van der Waals surface area contributed by atoms with Crippen LogP contribution in [0, 0.1) is 0 Å². The lowest BCUT2D eigenvalue weighted by atomic mass is 10.2. The summed E-state index contributed by atoms with van der Waals surface area (Å²) in [5, 5.41) is 3.27. The van der Waals surface area contributed by atoms with E-state index in [9.17, 15) is 4.57 Å². The van der Waals surface area contributed by atoms with Gasteiger partial charge in [-0.3, -0.25) is 4.57 Å². The van der Waals surface area contributed by atoms with Gasteiger partial charge in [-0.1, -0.05) is 64.7 Å². The van der Waals surface area contributed by atoms with Gasteiger partial charge in [0.15, 0.2) is 0 Å². The molecule has 1 aromatic rings. The zero-order chi connectivity index (χ0) is 14.1. The van der Waals surface area contributed by atoms with Crippen molar-refractivity contribution >= 4 is 44.4 Å². The summed E-state index contributed by atoms with van der Waals surface area (Å²) in [5.74, 6) is 1.89. The smallest absolute Gasteiger partial charge is 0.255 e. The lowest BCUT2D eigenvalue weighted by Gasteiger charge is -2.18. The third-order valence-corrected chi connectivity index (χ3v) is 11.1. The standard InChI is InChI=1S/C13H21BrNOPS2/c1-3-9-18-17(16,19-10-4-2)15-11-12-5-7-13(14)8-6-12/h5-8H,3-4,9-11H2,1-2H3,(H,15,16). The molecule has 0 heterocycles. The average Bonchev–Trinajstić information content (AvgIpc) is 2.43. The summed E-state index contributed by atoms with van der Waals surface area (Å²) in [6, 6.07) is 8.13. The SMILES string of the molecule is CCCSP(=O)(NCc1ccc(Br)cc1)SCCC. The summed E-state index contributed by atoms with van der Waals surface area (Å²) in [6.45, 7) is 4.91. The Morgan fingerprint density at radius 3 is 2.11 bits per heavy atom. The summed E-state index contributed by atoms with van der Waals surface area (Å²) in [5.41, 5.74) is -1.19. The minimum atomic E-state index is -2.36. The maximum absolute atomic E-state index is 12.8. The van der Waals surface area contributed by atoms with Gasteiger partial charge in [0.05, 0.1) is 0 Å². The van der Waals surface area contributed by atoms with E-state index in [1.54, 1.807) is 22.8 Å². The molecular formula is C13H21BrNOPS2. The fraction of sp³-hybridized carbons (Fsp3) is 0.538. The van der Waals surface area contributed by atoms with Crippen molar-refractivity contribution in [2.24, 2.45) is 0 Å². The van der Waals surface area contributed by atoms with Crippen molar-refractivity contribution in [2.75, 3.05) is 11.5 Å². The number of halogens is 1. The van der Waals surface area contributed by atoms with Crippen LogP contribution in [0.1, 0.15) is 32.3 Å². The molecule has 0 bridgehead atoms. The topological polar surface area (TPSA) is 29.1 Å². The third-order valence-electron chi connectivity index (χ3n) is 2.32. The maximum atomic E-state index is 12.8. The Morgan fingerprint density at radius 1 is 1.11 bits per heavy atom. The number of benzene rings is 1. The molecule has 0 aromatic heterocycles. The average molecular weight is 382 g/mol. The highest BCUT2D eigenvalue weighted by Crippen LogP contribution is 2.66. The monoisotopic (exact) mass is 381 g/mol. The number of hydrogen-bond donors (Lipinski definition) is 1. The summed E-state index contributed by atoms with van der Waals surface area (Å²) in [6.07, 6.45) is 2.11. The molecule has 108 valence electrons. The lowest BCUT2D eigenvalue weighted by molar-refractivity contribution is 0.585. The van der Waals surface area contributed by atoms with Crippen LogP contribution in [0.25, 0.3) is 0 Å². The Labute approximate surface area is 132 Å². The van der Waals surface area contributed by atoms with Crippen LogP contribution in [0.3, 0.4) is 0 Å². The molecule has 0 spiro atoms. The van der Waals surface area contributed by atoms with Crippen LogP contribution in [0.15, 0.2) is 28.7 Å². The van der Waals surface area contributed by atoms with Crippen LogP contribution in [0.4, 0.5) is 0 Å². The van der Waals surface area contributed by atoms with Gasteiger partial charge in [0, 0.05) is 22.5 Å². The Hall–Kier alpha value is 0.590. The number of nitrogens with one attached hydrogen (secondary N) is 1. The van der Waals surface area contributed by atoms with Gasteiger partial charge in [0.2, 0.25) is 0 Å². The van der Waals surface area contributed by atoms with Gasteiger partial charge in [-0.25, -0.2) is 5.09 Å². The Morgan fingerprint density at radius 2 is 1.63 bits per heavy atom. The van der Waals surface area contributed by atoms with Crippen molar-refractivity contribution in [1.29, 1.82) is 0 Å². The van der Waals surface area contributed by atoms with Crippen molar-refractivity contribution in [3.8, 4) is 0 Å². The number of rotatable bonds is 9. The molecule has 1 aromatic carbocycles. The molecule has 19 heavy (non-hydrogen) atoms. The normalized spacial score (nSPS) is 11.7. The Bertz CT molecular complexity index is 402. The van der Waals surface area contributed by atoms with Crippen LogP contribution < -0.4 is 5.09 Å². The zero-order valence-corrected chi connectivity index (χ0v) is 15.5. The van der Waals surface area contributed by atoms with Crippen molar-refractivity contribution in [3.63, 3.8) is 0 Å². The quantitative estimate of drug-likeness (QED) is 0.536. The minimum Gasteiger partial charge on any atom is -0.283 e.